The zero-order valence-electron chi connectivity index (χ0n) is 17.3. The van der Waals surface area contributed by atoms with Gasteiger partial charge in [-0.25, -0.2) is 0 Å². The molecule has 0 spiro atoms. The van der Waals surface area contributed by atoms with Gasteiger partial charge in [0.2, 0.25) is 0 Å². The van der Waals surface area contributed by atoms with Crippen LogP contribution in [0.1, 0.15) is 5.69 Å². The van der Waals surface area contributed by atoms with Crippen molar-refractivity contribution in [2.24, 2.45) is 0 Å². The zero-order chi connectivity index (χ0) is 20.8. The van der Waals surface area contributed by atoms with Gasteiger partial charge in [0.15, 0.2) is 0 Å². The van der Waals surface area contributed by atoms with Crippen LogP contribution in [0.15, 0.2) is 91.1 Å². The molecule has 6 rings (SSSR count). The van der Waals surface area contributed by atoms with Crippen LogP contribution in [0.4, 0.5) is 0 Å². The first-order chi connectivity index (χ1) is 15.3. The zero-order valence-corrected chi connectivity index (χ0v) is 19.5. The van der Waals surface area contributed by atoms with Crippen LogP contribution in [-0.4, -0.2) is 14.5 Å². The van der Waals surface area contributed by atoms with Crippen LogP contribution >= 0.6 is 0 Å². The van der Waals surface area contributed by atoms with Crippen LogP contribution < -0.4 is 4.98 Å². The molecule has 5 heteroatoms. The number of benzene rings is 2. The fraction of sp³-hybridized carbons (Fsp3) is 0.0370. The number of fused-ring (bicyclic) bond motifs is 3. The minimum Gasteiger partial charge on any atom is -0.440 e. The monoisotopic (exact) mass is 593 g/mol. The number of pyridine rings is 2. The largest absolute Gasteiger partial charge is 2.00 e. The Morgan fingerprint density at radius 1 is 0.750 bits per heavy atom. The molecule has 0 aliphatic heterocycles. The van der Waals surface area contributed by atoms with E-state index in [1.165, 1.54) is 5.39 Å². The summed E-state index contributed by atoms with van der Waals surface area (Å²) in [5, 5.41) is 2.28. The first-order valence-electron chi connectivity index (χ1n) is 10.2. The van der Waals surface area contributed by atoms with E-state index in [0.29, 0.717) is 0 Å². The molecular formula is C27H18N4Pt. The van der Waals surface area contributed by atoms with Gasteiger partial charge in [0.25, 0.3) is 0 Å². The third-order valence-corrected chi connectivity index (χ3v) is 5.53. The minimum atomic E-state index is 0. The molecule has 0 aliphatic rings. The van der Waals surface area contributed by atoms with Gasteiger partial charge >= 0.3 is 21.1 Å². The molecule has 0 unspecified atom stereocenters. The van der Waals surface area contributed by atoms with Crippen LogP contribution in [0.25, 0.3) is 50.3 Å². The topological polar surface area (TPSA) is 44.8 Å². The minimum absolute atomic E-state index is 0. The number of hydrogen-bond donors (Lipinski definition) is 0. The van der Waals surface area contributed by atoms with Gasteiger partial charge in [-0.1, -0.05) is 83.3 Å². The maximum Gasteiger partial charge on any atom is 2.00 e. The van der Waals surface area contributed by atoms with Crippen molar-refractivity contribution in [1.82, 2.24) is 19.5 Å². The SMILES string of the molecule is Cc1ccc(-n2c3ccccc3c3ccc(-c4[c-]c(-c5ccccn5)ccc4)nc32)[n-]1.[Pt+2]. The number of nitrogens with zero attached hydrogens (tertiary/aromatic N) is 4. The van der Waals surface area contributed by atoms with Gasteiger partial charge in [-0.15, -0.1) is 24.3 Å². The Labute approximate surface area is 200 Å². The van der Waals surface area contributed by atoms with Crippen LogP contribution in [0, 0.1) is 13.0 Å². The second-order valence-electron chi connectivity index (χ2n) is 7.56. The molecule has 0 saturated carbocycles. The van der Waals surface area contributed by atoms with Gasteiger partial charge in [-0.05, 0) is 23.9 Å². The third-order valence-electron chi connectivity index (χ3n) is 5.53. The second kappa shape index (κ2) is 8.21. The number of aryl methyl sites for hydroxylation is 1. The molecule has 156 valence electrons. The van der Waals surface area contributed by atoms with Crippen molar-refractivity contribution in [2.75, 3.05) is 0 Å². The Bertz CT molecular complexity index is 1550. The molecular weight excluding hydrogens is 575 g/mol. The number of para-hydroxylation sites is 1. The van der Waals surface area contributed by atoms with Gasteiger partial charge in [0.1, 0.15) is 0 Å². The van der Waals surface area contributed by atoms with E-state index < -0.39 is 0 Å². The molecule has 0 N–H and O–H groups in total. The molecule has 2 aromatic carbocycles. The fourth-order valence-electron chi connectivity index (χ4n) is 4.09. The first-order valence-corrected chi connectivity index (χ1v) is 10.2. The molecule has 4 nitrogen and oxygen atoms in total. The Morgan fingerprint density at radius 3 is 2.34 bits per heavy atom. The maximum atomic E-state index is 5.07. The molecule has 0 fully saturated rings. The van der Waals surface area contributed by atoms with Crippen molar-refractivity contribution in [1.29, 1.82) is 0 Å². The summed E-state index contributed by atoms with van der Waals surface area (Å²) < 4.78 is 2.14. The fourth-order valence-corrected chi connectivity index (χ4v) is 4.09. The van der Waals surface area contributed by atoms with Gasteiger partial charge in [-0.3, -0.25) is 9.97 Å². The average molecular weight is 594 g/mol. The normalized spacial score (nSPS) is 11.0. The van der Waals surface area contributed by atoms with Gasteiger partial charge < -0.3 is 9.55 Å². The van der Waals surface area contributed by atoms with E-state index >= 15 is 0 Å². The van der Waals surface area contributed by atoms with Crippen LogP contribution in [0.5, 0.6) is 0 Å². The predicted octanol–water partition coefficient (Wildman–Crippen LogP) is 5.97. The molecule has 32 heavy (non-hydrogen) atoms. The van der Waals surface area contributed by atoms with Gasteiger partial charge in [0, 0.05) is 23.0 Å². The molecule has 4 heterocycles. The van der Waals surface area contributed by atoms with E-state index in [1.807, 2.05) is 55.5 Å². The van der Waals surface area contributed by atoms with E-state index in [0.717, 1.165) is 50.6 Å². The summed E-state index contributed by atoms with van der Waals surface area (Å²) >= 11 is 0. The second-order valence-corrected chi connectivity index (χ2v) is 7.56. The molecule has 6 aromatic rings. The van der Waals surface area contributed by atoms with E-state index in [-0.39, 0.29) is 21.1 Å². The Hall–Kier alpha value is -3.49. The molecule has 0 saturated heterocycles. The summed E-state index contributed by atoms with van der Waals surface area (Å²) in [7, 11) is 0. The van der Waals surface area contributed by atoms with E-state index in [1.54, 1.807) is 6.20 Å². The van der Waals surface area contributed by atoms with Gasteiger partial charge in [0.05, 0.1) is 5.65 Å². The Morgan fingerprint density at radius 2 is 1.56 bits per heavy atom. The molecule has 0 bridgehead atoms. The van der Waals surface area contributed by atoms with E-state index in [2.05, 4.69) is 52.0 Å². The van der Waals surface area contributed by atoms with Crippen LogP contribution in [0.3, 0.4) is 0 Å². The van der Waals surface area contributed by atoms with Crippen LogP contribution in [0.2, 0.25) is 0 Å². The Balaban J connectivity index is 0.00000216. The Kier molecular flexibility index (Phi) is 5.24. The van der Waals surface area contributed by atoms with Crippen molar-refractivity contribution in [3.05, 3.63) is 103 Å². The molecule has 4 aromatic heterocycles. The maximum absolute atomic E-state index is 5.07. The standard InChI is InChI=1S/C27H18N4.Pt/c1-18-12-15-26(29-18)31-25-11-3-2-9-21(25)22-13-14-24(30-27(22)31)20-8-6-7-19(17-20)23-10-4-5-16-28-23;/h2-16H,1H3;/q-2;+2. The third kappa shape index (κ3) is 3.37. The smallest absolute Gasteiger partial charge is 0.440 e. The number of rotatable bonds is 3. The van der Waals surface area contributed by atoms with E-state index in [9.17, 15) is 0 Å². The molecule has 0 aliphatic carbocycles. The number of hydrogen-bond acceptors (Lipinski definition) is 2. The summed E-state index contributed by atoms with van der Waals surface area (Å²) in [6.45, 7) is 2.01. The quantitative estimate of drug-likeness (QED) is 0.238. The van der Waals surface area contributed by atoms with Crippen LogP contribution in [-0.2, 0) is 21.1 Å². The van der Waals surface area contributed by atoms with Crippen molar-refractivity contribution >= 4 is 21.9 Å². The summed E-state index contributed by atoms with van der Waals surface area (Å²) in [6, 6.07) is 32.1. The van der Waals surface area contributed by atoms with Crippen molar-refractivity contribution in [2.45, 2.75) is 6.92 Å². The summed E-state index contributed by atoms with van der Waals surface area (Å²) in [5.41, 5.74) is 6.66. The predicted molar refractivity (Wildman–Crippen MR) is 124 cm³/mol. The number of aromatic nitrogens is 4. The molecule has 0 radical (unpaired) electrons. The van der Waals surface area contributed by atoms with Gasteiger partial charge in [-0.2, -0.15) is 0 Å². The summed E-state index contributed by atoms with van der Waals surface area (Å²) in [4.78, 5) is 14.2. The van der Waals surface area contributed by atoms with Crippen molar-refractivity contribution < 1.29 is 21.1 Å². The molecule has 0 amide bonds. The molecule has 0 atom stereocenters. The first kappa shape index (κ1) is 20.4. The van der Waals surface area contributed by atoms with E-state index in [4.69, 9.17) is 9.97 Å². The van der Waals surface area contributed by atoms with Crippen molar-refractivity contribution in [3.8, 4) is 28.3 Å². The average Bonchev–Trinajstić information content (AvgIpc) is 3.40. The summed E-state index contributed by atoms with van der Waals surface area (Å²) in [5.74, 6) is 0.888. The van der Waals surface area contributed by atoms with Crippen molar-refractivity contribution in [3.63, 3.8) is 0 Å². The summed E-state index contributed by atoms with van der Waals surface area (Å²) in [6.07, 6.45) is 1.80.